The van der Waals surface area contributed by atoms with Crippen molar-refractivity contribution in [2.24, 2.45) is 0 Å². The highest BCUT2D eigenvalue weighted by Crippen LogP contribution is 2.26. The maximum Gasteiger partial charge on any atom is 0.266 e. The fraction of sp³-hybridized carbons (Fsp3) is 0.0741. The van der Waals surface area contributed by atoms with E-state index in [1.807, 2.05) is 18.2 Å². The third-order valence-corrected chi connectivity index (χ3v) is 8.03. The molecule has 2 heterocycles. The number of sulfonamides is 1. The van der Waals surface area contributed by atoms with Crippen LogP contribution in [0.3, 0.4) is 0 Å². The second-order valence-electron chi connectivity index (χ2n) is 8.34. The van der Waals surface area contributed by atoms with Crippen molar-refractivity contribution in [2.45, 2.75) is 22.2 Å². The topological polar surface area (TPSA) is 136 Å². The number of fused-ring (bicyclic) bond motifs is 1. The molecule has 39 heavy (non-hydrogen) atoms. The van der Waals surface area contributed by atoms with Crippen LogP contribution in [0.25, 0.3) is 16.6 Å². The number of rotatable bonds is 8. The number of nitrogens with zero attached hydrogens (tertiary/aromatic N) is 4. The van der Waals surface area contributed by atoms with Gasteiger partial charge in [0.1, 0.15) is 0 Å². The number of nitrogens with one attached hydrogen (secondary N) is 2. The van der Waals surface area contributed by atoms with Gasteiger partial charge >= 0.3 is 0 Å². The van der Waals surface area contributed by atoms with E-state index in [9.17, 15) is 18.0 Å². The second-order valence-corrected chi connectivity index (χ2v) is 11.3. The molecule has 0 aliphatic rings. The number of para-hydroxylation sites is 2. The Bertz CT molecular complexity index is 1800. The summed E-state index contributed by atoms with van der Waals surface area (Å²) in [7, 11) is -3.90. The molecule has 2 aromatic heterocycles. The van der Waals surface area contributed by atoms with E-state index in [0.717, 1.165) is 11.8 Å². The number of aromatic nitrogens is 4. The van der Waals surface area contributed by atoms with Crippen molar-refractivity contribution in [2.75, 3.05) is 10.0 Å². The van der Waals surface area contributed by atoms with Gasteiger partial charge in [0.2, 0.25) is 11.9 Å². The van der Waals surface area contributed by atoms with Crippen LogP contribution < -0.4 is 15.6 Å². The van der Waals surface area contributed by atoms with Gasteiger partial charge < -0.3 is 5.32 Å². The minimum Gasteiger partial charge on any atom is -0.325 e. The fourth-order valence-electron chi connectivity index (χ4n) is 3.70. The Morgan fingerprint density at radius 1 is 0.897 bits per heavy atom. The molecule has 0 fully saturated rings. The standard InChI is InChI=1S/C27H22N6O4S2/c1-18(24(34)30-19-12-14-21(15-13-19)39(36,37)32-26-28-16-7-17-29-26)38-27-31-23-11-6-5-10-22(23)25(35)33(27)20-8-3-2-4-9-20/h2-18H,1H3,(H,30,34)(H,28,29,32). The molecule has 5 aromatic rings. The van der Waals surface area contributed by atoms with E-state index in [4.69, 9.17) is 0 Å². The molecule has 196 valence electrons. The number of carbonyl (C=O) groups is 1. The Balaban J connectivity index is 1.34. The molecule has 0 bridgehead atoms. The smallest absolute Gasteiger partial charge is 0.266 e. The van der Waals surface area contributed by atoms with Gasteiger partial charge in [-0.25, -0.2) is 28.1 Å². The first-order valence-corrected chi connectivity index (χ1v) is 14.1. The Kier molecular flexibility index (Phi) is 7.39. The lowest BCUT2D eigenvalue weighted by Gasteiger charge is -2.16. The fourth-order valence-corrected chi connectivity index (χ4v) is 5.58. The predicted octanol–water partition coefficient (Wildman–Crippen LogP) is 4.10. The van der Waals surface area contributed by atoms with Gasteiger partial charge in [-0.05, 0) is 61.5 Å². The summed E-state index contributed by atoms with van der Waals surface area (Å²) in [6.07, 6.45) is 2.85. The highest BCUT2D eigenvalue weighted by atomic mass is 32.2. The summed E-state index contributed by atoms with van der Waals surface area (Å²) in [6.45, 7) is 1.71. The van der Waals surface area contributed by atoms with E-state index in [1.54, 1.807) is 49.4 Å². The second kappa shape index (κ2) is 11.1. The van der Waals surface area contributed by atoms with Gasteiger partial charge in [0, 0.05) is 18.1 Å². The quantitative estimate of drug-likeness (QED) is 0.215. The van der Waals surface area contributed by atoms with Crippen molar-refractivity contribution in [1.82, 2.24) is 19.5 Å². The molecule has 0 spiro atoms. The van der Waals surface area contributed by atoms with E-state index in [-0.39, 0.29) is 22.3 Å². The van der Waals surface area contributed by atoms with E-state index in [0.29, 0.717) is 27.4 Å². The van der Waals surface area contributed by atoms with Crippen molar-refractivity contribution in [3.8, 4) is 5.69 Å². The molecule has 12 heteroatoms. The first kappa shape index (κ1) is 26.1. The largest absolute Gasteiger partial charge is 0.325 e. The lowest BCUT2D eigenvalue weighted by molar-refractivity contribution is -0.115. The minimum atomic E-state index is -3.90. The van der Waals surface area contributed by atoms with E-state index < -0.39 is 15.3 Å². The van der Waals surface area contributed by atoms with Crippen molar-refractivity contribution < 1.29 is 13.2 Å². The van der Waals surface area contributed by atoms with Crippen LogP contribution >= 0.6 is 11.8 Å². The summed E-state index contributed by atoms with van der Waals surface area (Å²) in [5, 5.41) is 3.01. The molecular weight excluding hydrogens is 536 g/mol. The summed E-state index contributed by atoms with van der Waals surface area (Å²) in [5.74, 6) is -0.384. The summed E-state index contributed by atoms with van der Waals surface area (Å²) in [5.41, 5.74) is 1.36. The molecule has 0 saturated carbocycles. The number of hydrogen-bond donors (Lipinski definition) is 2. The zero-order chi connectivity index (χ0) is 27.4. The first-order valence-electron chi connectivity index (χ1n) is 11.8. The Hall–Kier alpha value is -4.55. The molecule has 0 radical (unpaired) electrons. The lowest BCUT2D eigenvalue weighted by atomic mass is 10.2. The average molecular weight is 559 g/mol. The number of benzene rings is 3. The summed E-state index contributed by atoms with van der Waals surface area (Å²) < 4.78 is 29.0. The van der Waals surface area contributed by atoms with Gasteiger partial charge in [-0.2, -0.15) is 0 Å². The van der Waals surface area contributed by atoms with Crippen molar-refractivity contribution >= 4 is 50.2 Å². The SMILES string of the molecule is CC(Sc1nc2ccccc2c(=O)n1-c1ccccc1)C(=O)Nc1ccc(S(=O)(=O)Nc2ncccn2)cc1. The molecule has 10 nitrogen and oxygen atoms in total. The zero-order valence-electron chi connectivity index (χ0n) is 20.6. The van der Waals surface area contributed by atoms with Crippen LogP contribution in [0.15, 0.2) is 112 Å². The number of hydrogen-bond acceptors (Lipinski definition) is 8. The van der Waals surface area contributed by atoms with Gasteiger partial charge in [-0.15, -0.1) is 0 Å². The van der Waals surface area contributed by atoms with Crippen LogP contribution in [0.2, 0.25) is 0 Å². The Morgan fingerprint density at radius 3 is 2.28 bits per heavy atom. The zero-order valence-corrected chi connectivity index (χ0v) is 22.2. The number of carbonyl (C=O) groups excluding carboxylic acids is 1. The molecule has 0 aliphatic carbocycles. The van der Waals surface area contributed by atoms with Crippen molar-refractivity contribution in [3.05, 3.63) is 108 Å². The summed E-state index contributed by atoms with van der Waals surface area (Å²) in [4.78, 5) is 38.8. The van der Waals surface area contributed by atoms with Gasteiger partial charge in [-0.1, -0.05) is 42.1 Å². The maximum absolute atomic E-state index is 13.4. The van der Waals surface area contributed by atoms with Crippen LogP contribution in [-0.4, -0.2) is 39.1 Å². The van der Waals surface area contributed by atoms with Gasteiger partial charge in [-0.3, -0.25) is 14.2 Å². The maximum atomic E-state index is 13.4. The lowest BCUT2D eigenvalue weighted by Crippen LogP contribution is -2.26. The molecule has 1 atom stereocenters. The first-order chi connectivity index (χ1) is 18.8. The highest BCUT2D eigenvalue weighted by Gasteiger charge is 2.21. The van der Waals surface area contributed by atoms with Gasteiger partial charge in [0.25, 0.3) is 15.6 Å². The summed E-state index contributed by atoms with van der Waals surface area (Å²) in [6, 6.07) is 23.5. The molecule has 3 aromatic carbocycles. The minimum absolute atomic E-state index is 0.0115. The van der Waals surface area contributed by atoms with Crippen molar-refractivity contribution in [3.63, 3.8) is 0 Å². The summed E-state index contributed by atoms with van der Waals surface area (Å²) >= 11 is 1.15. The molecule has 5 rings (SSSR count). The van der Waals surface area contributed by atoms with E-state index in [1.165, 1.54) is 41.2 Å². The van der Waals surface area contributed by atoms with Gasteiger partial charge in [0.15, 0.2) is 5.16 Å². The Labute approximate surface area is 228 Å². The molecule has 0 saturated heterocycles. The monoisotopic (exact) mass is 558 g/mol. The van der Waals surface area contributed by atoms with Gasteiger partial charge in [0.05, 0.1) is 26.7 Å². The molecule has 1 unspecified atom stereocenters. The molecule has 1 amide bonds. The molecule has 0 aliphatic heterocycles. The molecular formula is C27H22N6O4S2. The van der Waals surface area contributed by atoms with E-state index >= 15 is 0 Å². The predicted molar refractivity (Wildman–Crippen MR) is 151 cm³/mol. The van der Waals surface area contributed by atoms with Crippen LogP contribution in [0.4, 0.5) is 11.6 Å². The van der Waals surface area contributed by atoms with Crippen LogP contribution in [-0.2, 0) is 14.8 Å². The highest BCUT2D eigenvalue weighted by molar-refractivity contribution is 8.00. The molecule has 2 N–H and O–H groups in total. The normalized spacial score (nSPS) is 12.1. The average Bonchev–Trinajstić information content (AvgIpc) is 2.94. The van der Waals surface area contributed by atoms with Crippen LogP contribution in [0.1, 0.15) is 6.92 Å². The van der Waals surface area contributed by atoms with Crippen LogP contribution in [0.5, 0.6) is 0 Å². The van der Waals surface area contributed by atoms with Crippen LogP contribution in [0, 0.1) is 0 Å². The third-order valence-electron chi connectivity index (χ3n) is 5.63. The number of anilines is 2. The van der Waals surface area contributed by atoms with E-state index in [2.05, 4.69) is 25.0 Å². The Morgan fingerprint density at radius 2 is 1.56 bits per heavy atom. The number of amides is 1. The third kappa shape index (κ3) is 5.81. The number of thioether (sulfide) groups is 1. The van der Waals surface area contributed by atoms with Crippen molar-refractivity contribution in [1.29, 1.82) is 0 Å².